The van der Waals surface area contributed by atoms with E-state index in [1.165, 1.54) is 11.3 Å². The Kier molecular flexibility index (Phi) is 4.72. The van der Waals surface area contributed by atoms with Crippen LogP contribution in [-0.2, 0) is 16.6 Å². The summed E-state index contributed by atoms with van der Waals surface area (Å²) in [6.07, 6.45) is 0. The first-order valence-electron chi connectivity index (χ1n) is 5.18. The molecule has 1 heterocycles. The maximum atomic E-state index is 12.2. The van der Waals surface area contributed by atoms with Gasteiger partial charge in [-0.25, -0.2) is 8.42 Å². The molecule has 0 aliphatic heterocycles. The summed E-state index contributed by atoms with van der Waals surface area (Å²) in [4.78, 5) is 1.05. The van der Waals surface area contributed by atoms with Gasteiger partial charge in [-0.1, -0.05) is 11.6 Å². The highest BCUT2D eigenvalue weighted by atomic mass is 127. The minimum atomic E-state index is -3.58. The van der Waals surface area contributed by atoms with Crippen molar-refractivity contribution in [3.05, 3.63) is 43.1 Å². The first-order chi connectivity index (χ1) is 8.92. The smallest absolute Gasteiger partial charge is 0.262 e. The van der Waals surface area contributed by atoms with Gasteiger partial charge in [-0.15, -0.1) is 11.3 Å². The summed E-state index contributed by atoms with van der Waals surface area (Å²) in [7, 11) is -3.58. The van der Waals surface area contributed by atoms with Crippen LogP contribution in [0.2, 0.25) is 5.02 Å². The lowest BCUT2D eigenvalue weighted by Crippen LogP contribution is -2.13. The number of benzene rings is 1. The Hall–Kier alpha value is -0.350. The first-order valence-corrected chi connectivity index (χ1v) is 8.99. The Labute approximate surface area is 134 Å². The lowest BCUT2D eigenvalue weighted by atomic mass is 10.3. The minimum absolute atomic E-state index is 0.226. The average Bonchev–Trinajstić information content (AvgIpc) is 2.82. The molecule has 102 valence electrons. The molecule has 2 aromatic rings. The van der Waals surface area contributed by atoms with Crippen LogP contribution in [-0.4, -0.2) is 8.42 Å². The van der Waals surface area contributed by atoms with Gasteiger partial charge < -0.3 is 5.73 Å². The maximum absolute atomic E-state index is 12.2. The monoisotopic (exact) mass is 428 g/mol. The molecule has 0 unspecified atom stereocenters. The molecule has 8 heteroatoms. The molecule has 1 aromatic heterocycles. The zero-order valence-corrected chi connectivity index (χ0v) is 14.1. The summed E-state index contributed by atoms with van der Waals surface area (Å²) in [6, 6.07) is 6.55. The van der Waals surface area contributed by atoms with Crippen molar-refractivity contribution in [2.75, 3.05) is 4.72 Å². The second kappa shape index (κ2) is 5.96. The number of nitrogens with two attached hydrogens (primary N) is 1. The van der Waals surface area contributed by atoms with E-state index in [9.17, 15) is 8.42 Å². The Balaban J connectivity index is 2.30. The zero-order chi connectivity index (χ0) is 14.0. The number of nitrogens with one attached hydrogen (secondary N) is 1. The van der Waals surface area contributed by atoms with Crippen LogP contribution in [0.25, 0.3) is 0 Å². The van der Waals surface area contributed by atoms with Crippen molar-refractivity contribution in [1.29, 1.82) is 0 Å². The molecule has 0 atom stereocenters. The van der Waals surface area contributed by atoms with Crippen LogP contribution < -0.4 is 10.5 Å². The lowest BCUT2D eigenvalue weighted by molar-refractivity contribution is 0.601. The Morgan fingerprint density at radius 2 is 2.11 bits per heavy atom. The maximum Gasteiger partial charge on any atom is 0.262 e. The van der Waals surface area contributed by atoms with Gasteiger partial charge >= 0.3 is 0 Å². The van der Waals surface area contributed by atoms with Crippen LogP contribution in [0.3, 0.4) is 0 Å². The molecule has 0 bridgehead atoms. The summed E-state index contributed by atoms with van der Waals surface area (Å²) < 4.78 is 27.7. The van der Waals surface area contributed by atoms with Crippen molar-refractivity contribution >= 4 is 61.2 Å². The van der Waals surface area contributed by atoms with Gasteiger partial charge in [-0.3, -0.25) is 4.72 Å². The SMILES string of the molecule is NCc1cc(S(=O)(=O)Nc2ccc(Cl)cc2I)cs1. The van der Waals surface area contributed by atoms with Gasteiger partial charge in [0.05, 0.1) is 10.6 Å². The zero-order valence-electron chi connectivity index (χ0n) is 9.56. The van der Waals surface area contributed by atoms with Gasteiger partial charge in [0.2, 0.25) is 0 Å². The van der Waals surface area contributed by atoms with E-state index >= 15 is 0 Å². The summed E-state index contributed by atoms with van der Waals surface area (Å²) in [5, 5.41) is 2.14. The summed E-state index contributed by atoms with van der Waals surface area (Å²) in [5.74, 6) is 0. The van der Waals surface area contributed by atoms with Crippen LogP contribution in [0.15, 0.2) is 34.5 Å². The van der Waals surface area contributed by atoms with Crippen molar-refractivity contribution in [1.82, 2.24) is 0 Å². The van der Waals surface area contributed by atoms with Gasteiger partial charge in [-0.2, -0.15) is 0 Å². The third-order valence-corrected chi connectivity index (χ3v) is 5.90. The fourth-order valence-corrected chi connectivity index (χ4v) is 4.81. The fraction of sp³-hybridized carbons (Fsp3) is 0.0909. The summed E-state index contributed by atoms with van der Waals surface area (Å²) in [6.45, 7) is 0.332. The first kappa shape index (κ1) is 15.0. The van der Waals surface area contributed by atoms with Gasteiger partial charge in [0.1, 0.15) is 0 Å². The van der Waals surface area contributed by atoms with Crippen molar-refractivity contribution in [3.8, 4) is 0 Å². The molecule has 19 heavy (non-hydrogen) atoms. The highest BCUT2D eigenvalue weighted by Gasteiger charge is 2.17. The van der Waals surface area contributed by atoms with E-state index in [4.69, 9.17) is 17.3 Å². The second-order valence-electron chi connectivity index (χ2n) is 3.68. The molecule has 4 nitrogen and oxygen atoms in total. The van der Waals surface area contributed by atoms with Crippen molar-refractivity contribution in [3.63, 3.8) is 0 Å². The van der Waals surface area contributed by atoms with Crippen LogP contribution in [0, 0.1) is 3.57 Å². The van der Waals surface area contributed by atoms with E-state index in [0.29, 0.717) is 17.3 Å². The molecule has 1 aromatic carbocycles. The Morgan fingerprint density at radius 1 is 1.37 bits per heavy atom. The van der Waals surface area contributed by atoms with Gasteiger partial charge in [0.25, 0.3) is 10.0 Å². The number of hydrogen-bond acceptors (Lipinski definition) is 4. The highest BCUT2D eigenvalue weighted by molar-refractivity contribution is 14.1. The van der Waals surface area contributed by atoms with Crippen LogP contribution in [0.4, 0.5) is 5.69 Å². The summed E-state index contributed by atoms with van der Waals surface area (Å²) in [5.41, 5.74) is 5.98. The number of rotatable bonds is 4. The van der Waals surface area contributed by atoms with E-state index in [0.717, 1.165) is 8.45 Å². The molecule has 0 aliphatic carbocycles. The number of hydrogen-bond donors (Lipinski definition) is 2. The molecule has 0 amide bonds. The predicted molar refractivity (Wildman–Crippen MR) is 87.2 cm³/mol. The molecule has 0 aliphatic rings. The van der Waals surface area contributed by atoms with Crippen LogP contribution in [0.5, 0.6) is 0 Å². The molecule has 0 saturated heterocycles. The van der Waals surface area contributed by atoms with Gasteiger partial charge in [-0.05, 0) is 46.9 Å². The molecule has 3 N–H and O–H groups in total. The quantitative estimate of drug-likeness (QED) is 0.734. The number of anilines is 1. The van der Waals surface area contributed by atoms with Crippen LogP contribution >= 0.6 is 45.5 Å². The largest absolute Gasteiger partial charge is 0.326 e. The van der Waals surface area contributed by atoms with Gasteiger partial charge in [0, 0.05) is 25.4 Å². The standard InChI is InChI=1S/C11H10ClIN2O2S2/c12-7-1-2-11(10(13)3-7)15-19(16,17)9-4-8(5-14)18-6-9/h1-4,6,15H,5,14H2. The molecule has 0 fully saturated rings. The average molecular weight is 429 g/mol. The topological polar surface area (TPSA) is 72.2 Å². The summed E-state index contributed by atoms with van der Waals surface area (Å²) >= 11 is 9.19. The molecule has 2 rings (SSSR count). The third kappa shape index (κ3) is 3.60. The van der Waals surface area contributed by atoms with Crippen molar-refractivity contribution in [2.45, 2.75) is 11.4 Å². The van der Waals surface area contributed by atoms with E-state index < -0.39 is 10.0 Å². The normalized spacial score (nSPS) is 11.5. The molecule has 0 radical (unpaired) electrons. The van der Waals surface area contributed by atoms with E-state index in [2.05, 4.69) is 4.72 Å². The fourth-order valence-electron chi connectivity index (χ4n) is 1.38. The predicted octanol–water partition coefficient (Wildman–Crippen LogP) is 3.27. The van der Waals surface area contributed by atoms with Gasteiger partial charge in [0.15, 0.2) is 0 Å². The highest BCUT2D eigenvalue weighted by Crippen LogP contribution is 2.26. The number of thiophene rings is 1. The second-order valence-corrected chi connectivity index (χ2v) is 7.96. The molecular weight excluding hydrogens is 419 g/mol. The lowest BCUT2D eigenvalue weighted by Gasteiger charge is -2.08. The Bertz CT molecular complexity index is 700. The minimum Gasteiger partial charge on any atom is -0.326 e. The van der Waals surface area contributed by atoms with Crippen molar-refractivity contribution < 1.29 is 8.42 Å². The van der Waals surface area contributed by atoms with Crippen molar-refractivity contribution in [2.24, 2.45) is 5.73 Å². The number of sulfonamides is 1. The molecule has 0 spiro atoms. The molecule has 0 saturated carbocycles. The molecular formula is C11H10ClIN2O2S2. The van der Waals surface area contributed by atoms with E-state index in [-0.39, 0.29) is 4.90 Å². The number of halogens is 2. The Morgan fingerprint density at radius 3 is 2.68 bits per heavy atom. The van der Waals surface area contributed by atoms with Crippen LogP contribution in [0.1, 0.15) is 4.88 Å². The van der Waals surface area contributed by atoms with E-state index in [1.54, 1.807) is 29.6 Å². The third-order valence-electron chi connectivity index (χ3n) is 2.32. The van der Waals surface area contributed by atoms with E-state index in [1.807, 2.05) is 22.6 Å².